The van der Waals surface area contributed by atoms with Crippen LogP contribution in [0.3, 0.4) is 0 Å². The Hall–Kier alpha value is -0.800. The van der Waals surface area contributed by atoms with Gasteiger partial charge in [0, 0.05) is 38.2 Å². The second-order valence-corrected chi connectivity index (χ2v) is 3.27. The van der Waals surface area contributed by atoms with Crippen LogP contribution in [-0.4, -0.2) is 24.8 Å². The molecule has 0 aliphatic heterocycles. The largest absolute Gasteiger partial charge is 0.382 e. The molecule has 1 rings (SSSR count). The molecule has 0 saturated heterocycles. The van der Waals surface area contributed by atoms with Crippen LogP contribution in [0.5, 0.6) is 0 Å². The molecule has 3 heteroatoms. The Balaban J connectivity index is 2.30. The van der Waals surface area contributed by atoms with Crippen molar-refractivity contribution in [2.75, 3.05) is 20.3 Å². The highest BCUT2D eigenvalue weighted by Crippen LogP contribution is 2.03. The third kappa shape index (κ3) is 3.52. The zero-order valence-corrected chi connectivity index (χ0v) is 9.12. The molecule has 1 heterocycles. The summed E-state index contributed by atoms with van der Waals surface area (Å²) in [4.78, 5) is 0. The molecule has 0 radical (unpaired) electrons. The SMILES string of the molecule is CCOCCCn1cccc1CNC. The molecule has 14 heavy (non-hydrogen) atoms. The first-order valence-corrected chi connectivity index (χ1v) is 5.24. The molecule has 1 aromatic heterocycles. The summed E-state index contributed by atoms with van der Waals surface area (Å²) in [6.45, 7) is 5.68. The fourth-order valence-electron chi connectivity index (χ4n) is 1.49. The number of aromatic nitrogens is 1. The van der Waals surface area contributed by atoms with E-state index in [2.05, 4.69) is 28.2 Å². The maximum absolute atomic E-state index is 5.30. The van der Waals surface area contributed by atoms with Gasteiger partial charge in [-0.05, 0) is 32.5 Å². The Morgan fingerprint density at radius 2 is 2.36 bits per heavy atom. The van der Waals surface area contributed by atoms with Crippen LogP contribution in [0.2, 0.25) is 0 Å². The Morgan fingerprint density at radius 1 is 1.50 bits per heavy atom. The minimum atomic E-state index is 0.815. The van der Waals surface area contributed by atoms with Crippen molar-refractivity contribution < 1.29 is 4.74 Å². The van der Waals surface area contributed by atoms with E-state index < -0.39 is 0 Å². The van der Waals surface area contributed by atoms with Gasteiger partial charge in [-0.1, -0.05) is 0 Å². The van der Waals surface area contributed by atoms with Crippen LogP contribution in [-0.2, 0) is 17.8 Å². The van der Waals surface area contributed by atoms with Gasteiger partial charge in [0.1, 0.15) is 0 Å². The van der Waals surface area contributed by atoms with Gasteiger partial charge in [0.05, 0.1) is 0 Å². The molecule has 0 spiro atoms. The van der Waals surface area contributed by atoms with E-state index in [1.807, 2.05) is 14.0 Å². The zero-order valence-electron chi connectivity index (χ0n) is 9.12. The van der Waals surface area contributed by atoms with E-state index in [1.54, 1.807) is 0 Å². The first kappa shape index (κ1) is 11.3. The van der Waals surface area contributed by atoms with Crippen LogP contribution in [0.15, 0.2) is 18.3 Å². The molecule has 0 aromatic carbocycles. The van der Waals surface area contributed by atoms with Gasteiger partial charge in [-0.25, -0.2) is 0 Å². The predicted molar refractivity (Wildman–Crippen MR) is 58.3 cm³/mol. The van der Waals surface area contributed by atoms with Gasteiger partial charge in [0.2, 0.25) is 0 Å². The third-order valence-electron chi connectivity index (χ3n) is 2.17. The first-order valence-electron chi connectivity index (χ1n) is 5.24. The highest BCUT2D eigenvalue weighted by molar-refractivity contribution is 5.06. The monoisotopic (exact) mass is 196 g/mol. The fourth-order valence-corrected chi connectivity index (χ4v) is 1.49. The second kappa shape index (κ2) is 6.62. The minimum absolute atomic E-state index is 0.815. The van der Waals surface area contributed by atoms with Crippen molar-refractivity contribution in [2.45, 2.75) is 26.4 Å². The molecule has 0 aliphatic rings. The summed E-state index contributed by atoms with van der Waals surface area (Å²) >= 11 is 0. The summed E-state index contributed by atoms with van der Waals surface area (Å²) in [6.07, 6.45) is 3.21. The number of nitrogens with one attached hydrogen (secondary N) is 1. The van der Waals surface area contributed by atoms with Crippen molar-refractivity contribution in [1.29, 1.82) is 0 Å². The number of ether oxygens (including phenoxy) is 1. The number of rotatable bonds is 7. The molecule has 1 aromatic rings. The summed E-state index contributed by atoms with van der Waals surface area (Å²) in [7, 11) is 1.97. The maximum Gasteiger partial charge on any atom is 0.0482 e. The van der Waals surface area contributed by atoms with Gasteiger partial charge in [0.25, 0.3) is 0 Å². The van der Waals surface area contributed by atoms with Gasteiger partial charge >= 0.3 is 0 Å². The molecule has 0 amide bonds. The van der Waals surface area contributed by atoms with Crippen LogP contribution in [0, 0.1) is 0 Å². The topological polar surface area (TPSA) is 26.2 Å². The van der Waals surface area contributed by atoms with Gasteiger partial charge in [0.15, 0.2) is 0 Å². The molecule has 80 valence electrons. The fraction of sp³-hybridized carbons (Fsp3) is 0.636. The van der Waals surface area contributed by atoms with Crippen LogP contribution in [0.4, 0.5) is 0 Å². The summed E-state index contributed by atoms with van der Waals surface area (Å²) in [5.41, 5.74) is 1.34. The van der Waals surface area contributed by atoms with E-state index in [-0.39, 0.29) is 0 Å². The summed E-state index contributed by atoms with van der Waals surface area (Å²) in [5, 5.41) is 3.16. The number of hydrogen-bond donors (Lipinski definition) is 1. The minimum Gasteiger partial charge on any atom is -0.382 e. The molecular formula is C11H20N2O. The summed E-state index contributed by atoms with van der Waals surface area (Å²) < 4.78 is 7.58. The van der Waals surface area contributed by atoms with Gasteiger partial charge in [-0.15, -0.1) is 0 Å². The van der Waals surface area contributed by atoms with E-state index >= 15 is 0 Å². The maximum atomic E-state index is 5.30. The van der Waals surface area contributed by atoms with Crippen molar-refractivity contribution in [3.8, 4) is 0 Å². The highest BCUT2D eigenvalue weighted by atomic mass is 16.5. The average molecular weight is 196 g/mol. The van der Waals surface area contributed by atoms with Crippen LogP contribution < -0.4 is 5.32 Å². The predicted octanol–water partition coefficient (Wildman–Crippen LogP) is 1.63. The molecule has 0 bridgehead atoms. The van der Waals surface area contributed by atoms with Gasteiger partial charge < -0.3 is 14.6 Å². The second-order valence-electron chi connectivity index (χ2n) is 3.27. The summed E-state index contributed by atoms with van der Waals surface area (Å²) in [5.74, 6) is 0. The average Bonchev–Trinajstić information content (AvgIpc) is 2.61. The quantitative estimate of drug-likeness (QED) is 0.671. The third-order valence-corrected chi connectivity index (χ3v) is 2.17. The lowest BCUT2D eigenvalue weighted by Crippen LogP contribution is -2.11. The molecule has 0 saturated carbocycles. The number of aryl methyl sites for hydroxylation is 1. The molecular weight excluding hydrogens is 176 g/mol. The van der Waals surface area contributed by atoms with E-state index in [1.165, 1.54) is 5.69 Å². The zero-order chi connectivity index (χ0) is 10.2. The molecule has 1 N–H and O–H groups in total. The van der Waals surface area contributed by atoms with Crippen molar-refractivity contribution in [1.82, 2.24) is 9.88 Å². The van der Waals surface area contributed by atoms with Crippen molar-refractivity contribution >= 4 is 0 Å². The molecule has 0 aliphatic carbocycles. The lowest BCUT2D eigenvalue weighted by Gasteiger charge is -2.08. The van der Waals surface area contributed by atoms with E-state index in [9.17, 15) is 0 Å². The van der Waals surface area contributed by atoms with Crippen LogP contribution in [0.25, 0.3) is 0 Å². The van der Waals surface area contributed by atoms with Crippen molar-refractivity contribution in [3.63, 3.8) is 0 Å². The molecule has 0 unspecified atom stereocenters. The normalized spacial score (nSPS) is 10.7. The van der Waals surface area contributed by atoms with Gasteiger partial charge in [-0.2, -0.15) is 0 Å². The summed E-state index contributed by atoms with van der Waals surface area (Å²) in [6, 6.07) is 4.24. The van der Waals surface area contributed by atoms with Crippen molar-refractivity contribution in [2.24, 2.45) is 0 Å². The Kier molecular flexibility index (Phi) is 5.33. The Labute approximate surface area is 86.1 Å². The van der Waals surface area contributed by atoms with Gasteiger partial charge in [-0.3, -0.25) is 0 Å². The van der Waals surface area contributed by atoms with E-state index in [0.717, 1.165) is 32.7 Å². The molecule has 0 fully saturated rings. The smallest absolute Gasteiger partial charge is 0.0482 e. The van der Waals surface area contributed by atoms with Crippen molar-refractivity contribution in [3.05, 3.63) is 24.0 Å². The number of nitrogens with zero attached hydrogens (tertiary/aromatic N) is 1. The van der Waals surface area contributed by atoms with E-state index in [4.69, 9.17) is 4.74 Å². The van der Waals surface area contributed by atoms with E-state index in [0.29, 0.717) is 0 Å². The van der Waals surface area contributed by atoms with Crippen LogP contribution in [0.1, 0.15) is 19.0 Å². The lowest BCUT2D eigenvalue weighted by molar-refractivity contribution is 0.141. The Morgan fingerprint density at radius 3 is 3.07 bits per heavy atom. The molecule has 3 nitrogen and oxygen atoms in total. The number of hydrogen-bond acceptors (Lipinski definition) is 2. The first-order chi connectivity index (χ1) is 6.88. The lowest BCUT2D eigenvalue weighted by atomic mass is 10.4. The highest BCUT2D eigenvalue weighted by Gasteiger charge is 1.98. The standard InChI is InChI=1S/C11H20N2O/c1-3-14-9-5-8-13-7-4-6-11(13)10-12-2/h4,6-7,12H,3,5,8-10H2,1-2H3. The van der Waals surface area contributed by atoms with Crippen LogP contribution >= 0.6 is 0 Å². The Bertz CT molecular complexity index is 245. The molecule has 0 atom stereocenters.